The normalized spacial score (nSPS) is 18.6. The van der Waals surface area contributed by atoms with Gasteiger partial charge < -0.3 is 5.32 Å². The molecule has 0 aliphatic heterocycles. The van der Waals surface area contributed by atoms with Crippen molar-refractivity contribution in [3.05, 3.63) is 29.3 Å². The summed E-state index contributed by atoms with van der Waals surface area (Å²) < 4.78 is 1.29. The van der Waals surface area contributed by atoms with Crippen molar-refractivity contribution in [2.75, 3.05) is 6.54 Å². The summed E-state index contributed by atoms with van der Waals surface area (Å²) in [5.74, 6) is 0. The first-order valence-corrected chi connectivity index (χ1v) is 8.17. The molecule has 3 rings (SSSR count). The summed E-state index contributed by atoms with van der Waals surface area (Å²) in [6.45, 7) is 5.70. The summed E-state index contributed by atoms with van der Waals surface area (Å²) >= 11 is 1.77. The van der Waals surface area contributed by atoms with Crippen LogP contribution in [0.3, 0.4) is 0 Å². The Morgan fingerprint density at radius 1 is 1.47 bits per heavy atom. The fourth-order valence-electron chi connectivity index (χ4n) is 2.81. The molecular formula is C16H22N2S. The Kier molecular flexibility index (Phi) is 3.59. The Labute approximate surface area is 119 Å². The van der Waals surface area contributed by atoms with Crippen molar-refractivity contribution >= 4 is 21.6 Å². The van der Waals surface area contributed by atoms with E-state index in [0.29, 0.717) is 11.5 Å². The van der Waals surface area contributed by atoms with E-state index in [4.69, 9.17) is 0 Å². The summed E-state index contributed by atoms with van der Waals surface area (Å²) in [4.78, 5) is 4.53. The van der Waals surface area contributed by atoms with Gasteiger partial charge in [-0.15, -0.1) is 11.3 Å². The molecular weight excluding hydrogens is 252 g/mol. The lowest BCUT2D eigenvalue weighted by Gasteiger charge is -2.19. The Morgan fingerprint density at radius 3 is 3.05 bits per heavy atom. The molecule has 2 heterocycles. The summed E-state index contributed by atoms with van der Waals surface area (Å²) in [5.41, 5.74) is 3.04. The first kappa shape index (κ1) is 13.1. The van der Waals surface area contributed by atoms with Gasteiger partial charge in [0.1, 0.15) is 0 Å². The van der Waals surface area contributed by atoms with Gasteiger partial charge >= 0.3 is 0 Å². The molecule has 1 unspecified atom stereocenters. The molecule has 2 aromatic heterocycles. The zero-order chi connectivity index (χ0) is 13.3. The highest BCUT2D eigenvalue weighted by atomic mass is 32.1. The van der Waals surface area contributed by atoms with E-state index in [-0.39, 0.29) is 0 Å². The van der Waals surface area contributed by atoms with Crippen molar-refractivity contribution in [1.82, 2.24) is 10.3 Å². The minimum atomic E-state index is 0.397. The van der Waals surface area contributed by atoms with E-state index >= 15 is 0 Å². The average Bonchev–Trinajstić information content (AvgIpc) is 3.02. The van der Waals surface area contributed by atoms with Gasteiger partial charge in [-0.2, -0.15) is 0 Å². The molecule has 1 fully saturated rings. The van der Waals surface area contributed by atoms with E-state index in [0.717, 1.165) is 12.1 Å². The Hall–Kier alpha value is -0.930. The first-order valence-electron chi connectivity index (χ1n) is 7.29. The van der Waals surface area contributed by atoms with Gasteiger partial charge in [-0.1, -0.05) is 13.3 Å². The van der Waals surface area contributed by atoms with Gasteiger partial charge in [-0.05, 0) is 54.7 Å². The third-order valence-corrected chi connectivity index (χ3v) is 5.20. The van der Waals surface area contributed by atoms with Gasteiger partial charge in [-0.25, -0.2) is 0 Å². The molecule has 1 N–H and O–H groups in total. The van der Waals surface area contributed by atoms with E-state index < -0.39 is 0 Å². The smallest absolute Gasteiger partial charge is 0.0809 e. The maximum Gasteiger partial charge on any atom is 0.0809 e. The topological polar surface area (TPSA) is 24.9 Å². The molecule has 0 spiro atoms. The van der Waals surface area contributed by atoms with Crippen LogP contribution in [0.25, 0.3) is 10.2 Å². The summed E-state index contributed by atoms with van der Waals surface area (Å²) in [6, 6.07) is 4.76. The number of rotatable bonds is 6. The van der Waals surface area contributed by atoms with Gasteiger partial charge in [-0.3, -0.25) is 4.98 Å². The molecule has 1 saturated carbocycles. The molecule has 19 heavy (non-hydrogen) atoms. The molecule has 0 aromatic carbocycles. The second kappa shape index (κ2) is 5.22. The predicted molar refractivity (Wildman–Crippen MR) is 82.6 cm³/mol. The minimum Gasteiger partial charge on any atom is -0.310 e. The van der Waals surface area contributed by atoms with Gasteiger partial charge in [0.15, 0.2) is 0 Å². The average molecular weight is 274 g/mol. The van der Waals surface area contributed by atoms with E-state index in [2.05, 4.69) is 41.7 Å². The molecule has 102 valence electrons. The lowest BCUT2D eigenvalue weighted by Crippen LogP contribution is -2.26. The molecule has 0 amide bonds. The maximum absolute atomic E-state index is 4.53. The van der Waals surface area contributed by atoms with Crippen molar-refractivity contribution in [2.24, 2.45) is 5.41 Å². The van der Waals surface area contributed by atoms with E-state index in [9.17, 15) is 0 Å². The van der Waals surface area contributed by atoms with Gasteiger partial charge in [0.2, 0.25) is 0 Å². The minimum absolute atomic E-state index is 0.397. The Balaban J connectivity index is 1.64. The van der Waals surface area contributed by atoms with Crippen LogP contribution >= 0.6 is 11.3 Å². The second-order valence-corrected chi connectivity index (χ2v) is 6.87. The zero-order valence-corrected chi connectivity index (χ0v) is 12.6. The highest BCUT2D eigenvalue weighted by Gasteiger charge is 2.41. The van der Waals surface area contributed by atoms with Gasteiger partial charge in [0.25, 0.3) is 0 Å². The first-order chi connectivity index (χ1) is 9.22. The van der Waals surface area contributed by atoms with Crippen LogP contribution in [0.2, 0.25) is 0 Å². The van der Waals surface area contributed by atoms with Crippen molar-refractivity contribution in [3.8, 4) is 0 Å². The number of nitrogens with zero attached hydrogens (tertiary/aromatic N) is 1. The van der Waals surface area contributed by atoms with Crippen molar-refractivity contribution in [1.29, 1.82) is 0 Å². The standard InChI is InChI=1S/C16H22N2S/c1-3-5-16(6-7-16)11-18-12(2)13-9-15-14(17-10-13)4-8-19-15/h4,8-10,12,18H,3,5-7,11H2,1-2H3. The van der Waals surface area contributed by atoms with Gasteiger partial charge in [0, 0.05) is 18.8 Å². The monoisotopic (exact) mass is 274 g/mol. The van der Waals surface area contributed by atoms with E-state index in [1.54, 1.807) is 11.3 Å². The molecule has 0 saturated heterocycles. The molecule has 2 nitrogen and oxygen atoms in total. The molecule has 1 aliphatic carbocycles. The number of thiophene rings is 1. The quantitative estimate of drug-likeness (QED) is 0.837. The van der Waals surface area contributed by atoms with Gasteiger partial charge in [0.05, 0.1) is 10.2 Å². The number of hydrogen-bond acceptors (Lipinski definition) is 3. The molecule has 0 bridgehead atoms. The largest absolute Gasteiger partial charge is 0.310 e. The third-order valence-electron chi connectivity index (χ3n) is 4.34. The van der Waals surface area contributed by atoms with Crippen molar-refractivity contribution in [2.45, 2.75) is 45.6 Å². The van der Waals surface area contributed by atoms with Crippen LogP contribution < -0.4 is 5.32 Å². The van der Waals surface area contributed by atoms with Crippen molar-refractivity contribution < 1.29 is 0 Å². The lowest BCUT2D eigenvalue weighted by molar-refractivity contribution is 0.397. The number of hydrogen-bond donors (Lipinski definition) is 1. The van der Waals surface area contributed by atoms with Crippen molar-refractivity contribution in [3.63, 3.8) is 0 Å². The molecule has 1 atom stereocenters. The fraction of sp³-hybridized carbons (Fsp3) is 0.562. The van der Waals surface area contributed by atoms with Crippen LogP contribution in [0.1, 0.15) is 51.1 Å². The number of aromatic nitrogens is 1. The van der Waals surface area contributed by atoms with Crippen LogP contribution in [0, 0.1) is 5.41 Å². The summed E-state index contributed by atoms with van der Waals surface area (Å²) in [6.07, 6.45) is 7.51. The van der Waals surface area contributed by atoms with Crippen LogP contribution in [-0.4, -0.2) is 11.5 Å². The van der Waals surface area contributed by atoms with E-state index in [1.165, 1.54) is 35.9 Å². The zero-order valence-electron chi connectivity index (χ0n) is 11.8. The third kappa shape index (κ3) is 2.82. The van der Waals surface area contributed by atoms with Crippen LogP contribution in [0.4, 0.5) is 0 Å². The lowest BCUT2D eigenvalue weighted by atomic mass is 10.00. The Morgan fingerprint density at radius 2 is 2.32 bits per heavy atom. The van der Waals surface area contributed by atoms with Crippen LogP contribution in [-0.2, 0) is 0 Å². The molecule has 3 heteroatoms. The molecule has 0 radical (unpaired) electrons. The predicted octanol–water partition coefficient (Wildman–Crippen LogP) is 4.53. The number of nitrogens with one attached hydrogen (secondary N) is 1. The summed E-state index contributed by atoms with van der Waals surface area (Å²) in [7, 11) is 0. The second-order valence-electron chi connectivity index (χ2n) is 5.93. The van der Waals surface area contributed by atoms with E-state index in [1.807, 2.05) is 6.20 Å². The fourth-order valence-corrected chi connectivity index (χ4v) is 3.60. The maximum atomic E-state index is 4.53. The highest BCUT2D eigenvalue weighted by molar-refractivity contribution is 7.17. The number of pyridine rings is 1. The number of fused-ring (bicyclic) bond motifs is 1. The Bertz CT molecular complexity index is 557. The molecule has 2 aromatic rings. The highest BCUT2D eigenvalue weighted by Crippen LogP contribution is 2.49. The van der Waals surface area contributed by atoms with Crippen LogP contribution in [0.5, 0.6) is 0 Å². The summed E-state index contributed by atoms with van der Waals surface area (Å²) in [5, 5.41) is 5.82. The van der Waals surface area contributed by atoms with Crippen LogP contribution in [0.15, 0.2) is 23.7 Å². The molecule has 1 aliphatic rings. The SMILES string of the molecule is CCCC1(CNC(C)c2cnc3ccsc3c2)CC1.